The van der Waals surface area contributed by atoms with Gasteiger partial charge in [-0.1, -0.05) is 13.8 Å². The predicted octanol–water partition coefficient (Wildman–Crippen LogP) is 3.37. The zero-order valence-corrected chi connectivity index (χ0v) is 13.4. The van der Waals surface area contributed by atoms with Crippen molar-refractivity contribution in [2.45, 2.75) is 46.1 Å². The zero-order valence-electron chi connectivity index (χ0n) is 13.4. The summed E-state index contributed by atoms with van der Waals surface area (Å²) in [4.78, 5) is 4.82. The fourth-order valence-corrected chi connectivity index (χ4v) is 2.75. The van der Waals surface area contributed by atoms with Gasteiger partial charge in [-0.15, -0.1) is 0 Å². The van der Waals surface area contributed by atoms with Crippen LogP contribution in [0.2, 0.25) is 0 Å². The number of aromatic nitrogens is 2. The zero-order chi connectivity index (χ0) is 15.2. The molecule has 4 heteroatoms. The summed E-state index contributed by atoms with van der Waals surface area (Å²) in [6, 6.07) is 6.15. The van der Waals surface area contributed by atoms with Crippen LogP contribution in [-0.2, 0) is 13.0 Å². The highest BCUT2D eigenvalue weighted by Crippen LogP contribution is 2.23. The highest BCUT2D eigenvalue weighted by atomic mass is 16.5. The molecule has 0 spiro atoms. The summed E-state index contributed by atoms with van der Waals surface area (Å²) < 4.78 is 7.65. The van der Waals surface area contributed by atoms with Crippen molar-refractivity contribution in [3.63, 3.8) is 0 Å². The molecule has 0 saturated heterocycles. The van der Waals surface area contributed by atoms with Crippen LogP contribution in [0, 0.1) is 5.92 Å². The van der Waals surface area contributed by atoms with Gasteiger partial charge in [0.15, 0.2) is 0 Å². The lowest BCUT2D eigenvalue weighted by Crippen LogP contribution is -2.09. The Labute approximate surface area is 127 Å². The molecule has 0 saturated carbocycles. The first-order valence-corrected chi connectivity index (χ1v) is 7.92. The molecule has 2 N–H and O–H groups in total. The number of fused-ring (bicyclic) bond motifs is 1. The van der Waals surface area contributed by atoms with Crippen molar-refractivity contribution >= 4 is 11.0 Å². The van der Waals surface area contributed by atoms with Crippen LogP contribution in [0.15, 0.2) is 18.2 Å². The second-order valence-electron chi connectivity index (χ2n) is 5.76. The molecule has 1 aromatic carbocycles. The number of hydrogen-bond donors (Lipinski definition) is 1. The highest BCUT2D eigenvalue weighted by Gasteiger charge is 2.12. The Balaban J connectivity index is 2.26. The second-order valence-corrected chi connectivity index (χ2v) is 5.76. The fraction of sp³-hybridized carbons (Fsp3) is 0.588. The highest BCUT2D eigenvalue weighted by molar-refractivity contribution is 5.77. The Morgan fingerprint density at radius 1 is 1.33 bits per heavy atom. The minimum Gasteiger partial charge on any atom is -0.497 e. The topological polar surface area (TPSA) is 53.1 Å². The van der Waals surface area contributed by atoms with E-state index < -0.39 is 0 Å². The van der Waals surface area contributed by atoms with Gasteiger partial charge in [0.05, 0.1) is 18.1 Å². The third-order valence-corrected chi connectivity index (χ3v) is 4.00. The Kier molecular flexibility index (Phi) is 5.62. The summed E-state index contributed by atoms with van der Waals surface area (Å²) in [6.45, 7) is 6.26. The van der Waals surface area contributed by atoms with Crippen LogP contribution < -0.4 is 10.5 Å². The minimum absolute atomic E-state index is 0.652. The van der Waals surface area contributed by atoms with E-state index in [-0.39, 0.29) is 0 Å². The van der Waals surface area contributed by atoms with Gasteiger partial charge in [0, 0.05) is 19.0 Å². The third kappa shape index (κ3) is 3.76. The summed E-state index contributed by atoms with van der Waals surface area (Å²) in [5.41, 5.74) is 7.87. The first kappa shape index (κ1) is 15.8. The summed E-state index contributed by atoms with van der Waals surface area (Å²) in [7, 11) is 1.69. The lowest BCUT2D eigenvalue weighted by Gasteiger charge is -2.11. The molecule has 1 heterocycles. The molecule has 0 fully saturated rings. The van der Waals surface area contributed by atoms with Crippen LogP contribution in [0.25, 0.3) is 11.0 Å². The molecular formula is C17H27N3O. The second kappa shape index (κ2) is 7.46. The predicted molar refractivity (Wildman–Crippen MR) is 87.7 cm³/mol. The van der Waals surface area contributed by atoms with Gasteiger partial charge in [0.25, 0.3) is 0 Å². The normalized spacial score (nSPS) is 12.8. The molecular weight excluding hydrogens is 262 g/mol. The number of nitrogens with zero attached hydrogens (tertiary/aromatic N) is 2. The molecule has 0 bridgehead atoms. The van der Waals surface area contributed by atoms with Crippen molar-refractivity contribution in [1.82, 2.24) is 9.55 Å². The average Bonchev–Trinajstić information content (AvgIpc) is 2.83. The van der Waals surface area contributed by atoms with E-state index in [2.05, 4.69) is 24.5 Å². The maximum atomic E-state index is 5.63. The molecule has 0 aliphatic heterocycles. The van der Waals surface area contributed by atoms with Gasteiger partial charge in [0.2, 0.25) is 0 Å². The van der Waals surface area contributed by atoms with Gasteiger partial charge < -0.3 is 15.0 Å². The van der Waals surface area contributed by atoms with E-state index in [1.165, 1.54) is 11.3 Å². The Morgan fingerprint density at radius 2 is 2.14 bits per heavy atom. The molecule has 2 rings (SSSR count). The van der Waals surface area contributed by atoms with Crippen molar-refractivity contribution < 1.29 is 4.74 Å². The minimum atomic E-state index is 0.652. The standard InChI is InChI=1S/C17H27N3O/c1-4-11-20-16-7-6-14(21-3)12-15(16)19-17(20)8-5-13(2)9-10-18/h6-7,12-13H,4-5,8-11,18H2,1-3H3. The first-order valence-electron chi connectivity index (χ1n) is 7.92. The van der Waals surface area contributed by atoms with E-state index in [0.717, 1.165) is 50.0 Å². The molecule has 1 aromatic heterocycles. The van der Waals surface area contributed by atoms with Crippen LogP contribution >= 0.6 is 0 Å². The van der Waals surface area contributed by atoms with Crippen molar-refractivity contribution in [2.75, 3.05) is 13.7 Å². The van der Waals surface area contributed by atoms with Crippen LogP contribution in [-0.4, -0.2) is 23.2 Å². The van der Waals surface area contributed by atoms with E-state index in [9.17, 15) is 0 Å². The van der Waals surface area contributed by atoms with Gasteiger partial charge in [-0.25, -0.2) is 4.98 Å². The van der Waals surface area contributed by atoms with Gasteiger partial charge in [-0.2, -0.15) is 0 Å². The van der Waals surface area contributed by atoms with E-state index >= 15 is 0 Å². The number of ether oxygens (including phenoxy) is 1. The van der Waals surface area contributed by atoms with E-state index in [4.69, 9.17) is 15.5 Å². The van der Waals surface area contributed by atoms with Crippen LogP contribution in [0.1, 0.15) is 38.9 Å². The Morgan fingerprint density at radius 3 is 2.81 bits per heavy atom. The van der Waals surface area contributed by atoms with Crippen molar-refractivity contribution in [1.29, 1.82) is 0 Å². The number of imidazole rings is 1. The molecule has 1 atom stereocenters. The maximum Gasteiger partial charge on any atom is 0.121 e. The van der Waals surface area contributed by atoms with E-state index in [1.807, 2.05) is 12.1 Å². The summed E-state index contributed by atoms with van der Waals surface area (Å²) in [6.07, 6.45) is 4.35. The third-order valence-electron chi connectivity index (χ3n) is 4.00. The van der Waals surface area contributed by atoms with Crippen molar-refractivity contribution in [2.24, 2.45) is 11.7 Å². The van der Waals surface area contributed by atoms with Crippen LogP contribution in [0.4, 0.5) is 0 Å². The molecule has 0 radical (unpaired) electrons. The largest absolute Gasteiger partial charge is 0.497 e. The van der Waals surface area contributed by atoms with Gasteiger partial charge in [0.1, 0.15) is 11.6 Å². The number of hydrogen-bond acceptors (Lipinski definition) is 3. The molecule has 21 heavy (non-hydrogen) atoms. The number of methoxy groups -OCH3 is 1. The number of aryl methyl sites for hydroxylation is 2. The van der Waals surface area contributed by atoms with Crippen LogP contribution in [0.3, 0.4) is 0 Å². The fourth-order valence-electron chi connectivity index (χ4n) is 2.75. The molecule has 0 aliphatic rings. The van der Waals surface area contributed by atoms with Gasteiger partial charge in [-0.05, 0) is 43.9 Å². The maximum absolute atomic E-state index is 5.63. The molecule has 1 unspecified atom stereocenters. The number of rotatable bonds is 8. The molecule has 2 aromatic rings. The Bertz CT molecular complexity index is 577. The van der Waals surface area contributed by atoms with Gasteiger partial charge >= 0.3 is 0 Å². The van der Waals surface area contributed by atoms with E-state index in [1.54, 1.807) is 7.11 Å². The SMILES string of the molecule is CCCn1c(CCC(C)CCN)nc2cc(OC)ccc21. The average molecular weight is 289 g/mol. The lowest BCUT2D eigenvalue weighted by molar-refractivity contribution is 0.415. The summed E-state index contributed by atoms with van der Waals surface area (Å²) in [5, 5.41) is 0. The van der Waals surface area contributed by atoms with Gasteiger partial charge in [-0.3, -0.25) is 0 Å². The molecule has 0 amide bonds. The molecule has 4 nitrogen and oxygen atoms in total. The van der Waals surface area contributed by atoms with Crippen molar-refractivity contribution in [3.8, 4) is 5.75 Å². The quantitative estimate of drug-likeness (QED) is 0.810. The summed E-state index contributed by atoms with van der Waals surface area (Å²) in [5.74, 6) is 2.70. The summed E-state index contributed by atoms with van der Waals surface area (Å²) >= 11 is 0. The lowest BCUT2D eigenvalue weighted by atomic mass is 10.0. The van der Waals surface area contributed by atoms with E-state index in [0.29, 0.717) is 5.92 Å². The first-order chi connectivity index (χ1) is 10.2. The Hall–Kier alpha value is -1.55. The molecule has 0 aliphatic carbocycles. The number of benzene rings is 1. The van der Waals surface area contributed by atoms with Crippen molar-refractivity contribution in [3.05, 3.63) is 24.0 Å². The molecule has 116 valence electrons. The smallest absolute Gasteiger partial charge is 0.121 e. The monoisotopic (exact) mass is 289 g/mol. The number of nitrogens with two attached hydrogens (primary N) is 1. The van der Waals surface area contributed by atoms with Crippen LogP contribution in [0.5, 0.6) is 5.75 Å².